The van der Waals surface area contributed by atoms with E-state index in [4.69, 9.17) is 9.84 Å². The number of carbonyl (C=O) groups excluding carboxylic acids is 1. The average Bonchev–Trinajstić information content (AvgIpc) is 2.53. The minimum absolute atomic E-state index is 0.0530. The van der Waals surface area contributed by atoms with Crippen molar-refractivity contribution in [3.8, 4) is 16.9 Å². The summed E-state index contributed by atoms with van der Waals surface area (Å²) < 4.78 is 5.46. The molecule has 0 saturated heterocycles. The molecule has 0 amide bonds. The largest absolute Gasteiger partial charge is 0.485 e. The monoisotopic (exact) mass is 296 g/mol. The van der Waals surface area contributed by atoms with Crippen molar-refractivity contribution in [3.63, 3.8) is 0 Å². The number of rotatable bonds is 7. The van der Waals surface area contributed by atoms with Gasteiger partial charge in [-0.25, -0.2) is 0 Å². The maximum Gasteiger partial charge on any atom is 0.195 e. The maximum absolute atomic E-state index is 11.7. The molecular weight excluding hydrogens is 276 g/mol. The molecule has 114 valence electrons. The van der Waals surface area contributed by atoms with Gasteiger partial charge in [-0.1, -0.05) is 48.5 Å². The number of hydrogen-bond donors (Lipinski definition) is 1. The first-order valence-electron chi connectivity index (χ1n) is 7.22. The van der Waals surface area contributed by atoms with Gasteiger partial charge in [0.25, 0.3) is 0 Å². The number of aryl methyl sites for hydroxylation is 1. The van der Waals surface area contributed by atoms with E-state index in [1.54, 1.807) is 0 Å². The standard InChI is InChI=1S/C19H20O3/c1-14-4-3-5-17(12-14)16-6-8-18(9-7-16)22-13-19(21)15(2)10-11-20/h3-9,12,20H,2,10-11,13H2,1H3. The smallest absolute Gasteiger partial charge is 0.195 e. The predicted molar refractivity (Wildman–Crippen MR) is 88.0 cm³/mol. The van der Waals surface area contributed by atoms with Crippen molar-refractivity contribution < 1.29 is 14.6 Å². The lowest BCUT2D eigenvalue weighted by Gasteiger charge is -2.08. The molecule has 2 rings (SSSR count). The van der Waals surface area contributed by atoms with Crippen LogP contribution in [0.2, 0.25) is 0 Å². The maximum atomic E-state index is 11.7. The predicted octanol–water partition coefficient (Wildman–Crippen LogP) is 3.55. The highest BCUT2D eigenvalue weighted by atomic mass is 16.5. The Labute approximate surface area is 130 Å². The molecule has 0 bridgehead atoms. The van der Waals surface area contributed by atoms with Gasteiger partial charge in [0.2, 0.25) is 0 Å². The van der Waals surface area contributed by atoms with Crippen molar-refractivity contribution in [1.29, 1.82) is 0 Å². The van der Waals surface area contributed by atoms with E-state index < -0.39 is 0 Å². The molecule has 0 aliphatic heterocycles. The molecular formula is C19H20O3. The van der Waals surface area contributed by atoms with Gasteiger partial charge in [0.15, 0.2) is 12.4 Å². The molecule has 0 atom stereocenters. The Bertz CT molecular complexity index is 657. The number of carbonyl (C=O) groups is 1. The van der Waals surface area contributed by atoms with E-state index in [1.165, 1.54) is 5.56 Å². The van der Waals surface area contributed by atoms with Crippen LogP contribution in [0.5, 0.6) is 5.75 Å². The molecule has 0 aliphatic carbocycles. The summed E-state index contributed by atoms with van der Waals surface area (Å²) >= 11 is 0. The third kappa shape index (κ3) is 4.30. The van der Waals surface area contributed by atoms with E-state index in [0.29, 0.717) is 11.3 Å². The molecule has 3 heteroatoms. The summed E-state index contributed by atoms with van der Waals surface area (Å²) in [5, 5.41) is 8.78. The topological polar surface area (TPSA) is 46.5 Å². The van der Waals surface area contributed by atoms with Crippen LogP contribution in [0, 0.1) is 6.92 Å². The SMILES string of the molecule is C=C(CCO)C(=O)COc1ccc(-c2cccc(C)c2)cc1. The van der Waals surface area contributed by atoms with Gasteiger partial charge in [-0.15, -0.1) is 0 Å². The number of aliphatic hydroxyl groups excluding tert-OH is 1. The number of ketones is 1. The summed E-state index contributed by atoms with van der Waals surface area (Å²) in [7, 11) is 0. The number of aliphatic hydroxyl groups is 1. The first kappa shape index (κ1) is 16.0. The van der Waals surface area contributed by atoms with Crippen LogP contribution in [-0.4, -0.2) is 24.1 Å². The Morgan fingerprint density at radius 3 is 2.50 bits per heavy atom. The molecule has 3 nitrogen and oxygen atoms in total. The lowest BCUT2D eigenvalue weighted by Crippen LogP contribution is -2.13. The fourth-order valence-corrected chi connectivity index (χ4v) is 2.09. The normalized spacial score (nSPS) is 10.3. The molecule has 0 aromatic heterocycles. The molecule has 1 N–H and O–H groups in total. The third-order valence-corrected chi connectivity index (χ3v) is 3.38. The van der Waals surface area contributed by atoms with E-state index in [0.717, 1.165) is 11.1 Å². The number of benzene rings is 2. The summed E-state index contributed by atoms with van der Waals surface area (Å²) in [5.74, 6) is 0.457. The van der Waals surface area contributed by atoms with Gasteiger partial charge >= 0.3 is 0 Å². The van der Waals surface area contributed by atoms with Crippen LogP contribution < -0.4 is 4.74 Å². The van der Waals surface area contributed by atoms with Crippen LogP contribution >= 0.6 is 0 Å². The minimum Gasteiger partial charge on any atom is -0.485 e. The Kier molecular flexibility index (Phi) is 5.50. The number of hydrogen-bond acceptors (Lipinski definition) is 3. The van der Waals surface area contributed by atoms with Crippen molar-refractivity contribution in [2.24, 2.45) is 0 Å². The summed E-state index contributed by atoms with van der Waals surface area (Å²) in [4.78, 5) is 11.7. The second-order valence-electron chi connectivity index (χ2n) is 5.18. The van der Waals surface area contributed by atoms with Gasteiger partial charge < -0.3 is 9.84 Å². The quantitative estimate of drug-likeness (QED) is 0.795. The second-order valence-corrected chi connectivity index (χ2v) is 5.18. The van der Waals surface area contributed by atoms with E-state index >= 15 is 0 Å². The highest BCUT2D eigenvalue weighted by Gasteiger charge is 2.07. The molecule has 0 radical (unpaired) electrons. The number of Topliss-reactive ketones (excluding diaryl/α,β-unsaturated/α-hetero) is 1. The zero-order valence-corrected chi connectivity index (χ0v) is 12.7. The number of ether oxygens (including phenoxy) is 1. The van der Waals surface area contributed by atoms with Crippen LogP contribution in [0.1, 0.15) is 12.0 Å². The summed E-state index contributed by atoms with van der Waals surface area (Å²) in [5.41, 5.74) is 3.86. The van der Waals surface area contributed by atoms with E-state index in [1.807, 2.05) is 30.3 Å². The van der Waals surface area contributed by atoms with Gasteiger partial charge in [-0.2, -0.15) is 0 Å². The zero-order chi connectivity index (χ0) is 15.9. The van der Waals surface area contributed by atoms with Crippen molar-refractivity contribution in [2.75, 3.05) is 13.2 Å². The van der Waals surface area contributed by atoms with Gasteiger partial charge in [-0.05, 0) is 42.2 Å². The molecule has 0 unspecified atom stereocenters. The lowest BCUT2D eigenvalue weighted by molar-refractivity contribution is -0.117. The van der Waals surface area contributed by atoms with Crippen LogP contribution in [-0.2, 0) is 4.79 Å². The molecule has 2 aromatic carbocycles. The van der Waals surface area contributed by atoms with Crippen molar-refractivity contribution in [2.45, 2.75) is 13.3 Å². The first-order chi connectivity index (χ1) is 10.6. The van der Waals surface area contributed by atoms with Crippen LogP contribution in [0.3, 0.4) is 0 Å². The lowest BCUT2D eigenvalue weighted by atomic mass is 10.0. The Morgan fingerprint density at radius 1 is 1.14 bits per heavy atom. The molecule has 0 fully saturated rings. The van der Waals surface area contributed by atoms with Crippen LogP contribution in [0.25, 0.3) is 11.1 Å². The van der Waals surface area contributed by atoms with Gasteiger partial charge in [0.1, 0.15) is 5.75 Å². The Balaban J connectivity index is 1.98. The zero-order valence-electron chi connectivity index (χ0n) is 12.7. The molecule has 0 aliphatic rings. The highest BCUT2D eigenvalue weighted by Crippen LogP contribution is 2.23. The molecule has 0 heterocycles. The van der Waals surface area contributed by atoms with Crippen molar-refractivity contribution >= 4 is 5.78 Å². The van der Waals surface area contributed by atoms with E-state index in [2.05, 4.69) is 31.7 Å². The summed E-state index contributed by atoms with van der Waals surface area (Å²) in [6.07, 6.45) is 0.286. The molecule has 22 heavy (non-hydrogen) atoms. The molecule has 2 aromatic rings. The highest BCUT2D eigenvalue weighted by molar-refractivity contribution is 5.95. The average molecular weight is 296 g/mol. The summed E-state index contributed by atoms with van der Waals surface area (Å²) in [6, 6.07) is 15.9. The fourth-order valence-electron chi connectivity index (χ4n) is 2.09. The molecule has 0 spiro atoms. The second kappa shape index (κ2) is 7.57. The van der Waals surface area contributed by atoms with Crippen LogP contribution in [0.4, 0.5) is 0 Å². The Hall–Kier alpha value is -2.39. The van der Waals surface area contributed by atoms with Gasteiger partial charge in [0, 0.05) is 6.61 Å². The van der Waals surface area contributed by atoms with Crippen molar-refractivity contribution in [1.82, 2.24) is 0 Å². The first-order valence-corrected chi connectivity index (χ1v) is 7.22. The van der Waals surface area contributed by atoms with Gasteiger partial charge in [-0.3, -0.25) is 4.79 Å². The van der Waals surface area contributed by atoms with Crippen molar-refractivity contribution in [3.05, 3.63) is 66.2 Å². The van der Waals surface area contributed by atoms with E-state index in [-0.39, 0.29) is 25.4 Å². The Morgan fingerprint density at radius 2 is 1.86 bits per heavy atom. The fraction of sp³-hybridized carbons (Fsp3) is 0.211. The molecule has 0 saturated carbocycles. The van der Waals surface area contributed by atoms with Crippen LogP contribution in [0.15, 0.2) is 60.7 Å². The van der Waals surface area contributed by atoms with Gasteiger partial charge in [0.05, 0.1) is 0 Å². The summed E-state index contributed by atoms with van der Waals surface area (Å²) in [6.45, 7) is 5.56. The van der Waals surface area contributed by atoms with E-state index in [9.17, 15) is 4.79 Å². The third-order valence-electron chi connectivity index (χ3n) is 3.38. The minimum atomic E-state index is -0.184.